The lowest BCUT2D eigenvalue weighted by Gasteiger charge is -2.34. The minimum absolute atomic E-state index is 0.176. The van der Waals surface area contributed by atoms with Gasteiger partial charge in [-0.3, -0.25) is 9.59 Å². The molecular formula is C14H24N2O4. The Kier molecular flexibility index (Phi) is 6.35. The number of rotatable bonds is 7. The summed E-state index contributed by atoms with van der Waals surface area (Å²) in [6, 6.07) is 0. The van der Waals surface area contributed by atoms with Crippen LogP contribution in [0.3, 0.4) is 0 Å². The molecule has 1 aliphatic carbocycles. The minimum atomic E-state index is -0.742. The summed E-state index contributed by atoms with van der Waals surface area (Å²) in [5.41, 5.74) is 4.71. The number of ether oxygens (including phenoxy) is 2. The maximum Gasteiger partial charge on any atom is 0.315 e. The second-order valence-corrected chi connectivity index (χ2v) is 4.89. The van der Waals surface area contributed by atoms with Gasteiger partial charge in [-0.15, -0.1) is 0 Å². The van der Waals surface area contributed by atoms with Gasteiger partial charge < -0.3 is 20.5 Å². The summed E-state index contributed by atoms with van der Waals surface area (Å²) in [5, 5.41) is 2.96. The summed E-state index contributed by atoms with van der Waals surface area (Å²) < 4.78 is 10.7. The highest BCUT2D eigenvalue weighted by atomic mass is 16.5. The number of nitrogens with two attached hydrogens (primary N) is 1. The first-order chi connectivity index (χ1) is 9.57. The van der Waals surface area contributed by atoms with Crippen molar-refractivity contribution < 1.29 is 19.1 Å². The van der Waals surface area contributed by atoms with Gasteiger partial charge in [0.25, 0.3) is 0 Å². The van der Waals surface area contributed by atoms with Crippen molar-refractivity contribution in [2.75, 3.05) is 19.8 Å². The highest BCUT2D eigenvalue weighted by Crippen LogP contribution is 2.37. The van der Waals surface area contributed by atoms with Crippen molar-refractivity contribution in [3.8, 4) is 0 Å². The van der Waals surface area contributed by atoms with E-state index >= 15 is 0 Å². The van der Waals surface area contributed by atoms with E-state index in [4.69, 9.17) is 15.2 Å². The molecule has 0 bridgehead atoms. The third kappa shape index (κ3) is 4.15. The highest BCUT2D eigenvalue weighted by Gasteiger charge is 2.43. The van der Waals surface area contributed by atoms with Gasteiger partial charge in [0, 0.05) is 19.4 Å². The molecule has 1 rings (SSSR count). The summed E-state index contributed by atoms with van der Waals surface area (Å²) in [7, 11) is 0. The zero-order chi connectivity index (χ0) is 15.0. The Labute approximate surface area is 119 Å². The molecule has 0 aliphatic heterocycles. The van der Waals surface area contributed by atoms with Gasteiger partial charge >= 0.3 is 5.97 Å². The normalized spacial score (nSPS) is 18.5. The first-order valence-corrected chi connectivity index (χ1v) is 7.05. The number of hydrogen-bond acceptors (Lipinski definition) is 6. The molecule has 20 heavy (non-hydrogen) atoms. The topological polar surface area (TPSA) is 90.7 Å². The molecule has 114 valence electrons. The van der Waals surface area contributed by atoms with Gasteiger partial charge in [0.2, 0.25) is 5.88 Å². The molecule has 3 N–H and O–H groups in total. The van der Waals surface area contributed by atoms with Crippen LogP contribution in [0, 0.1) is 5.41 Å². The molecule has 6 nitrogen and oxygen atoms in total. The van der Waals surface area contributed by atoms with E-state index < -0.39 is 5.41 Å². The van der Waals surface area contributed by atoms with Gasteiger partial charge in [-0.1, -0.05) is 0 Å². The average Bonchev–Trinajstić information content (AvgIpc) is 2.45. The predicted molar refractivity (Wildman–Crippen MR) is 74.4 cm³/mol. The minimum Gasteiger partial charge on any atom is -0.477 e. The zero-order valence-electron chi connectivity index (χ0n) is 12.2. The molecule has 6 heteroatoms. The maximum absolute atomic E-state index is 12.2. The molecular weight excluding hydrogens is 260 g/mol. The molecule has 1 aliphatic rings. The summed E-state index contributed by atoms with van der Waals surface area (Å²) in [6.07, 6.45) is 3.05. The first kappa shape index (κ1) is 16.3. The van der Waals surface area contributed by atoms with Crippen molar-refractivity contribution in [2.45, 2.75) is 39.5 Å². The molecule has 0 aromatic carbocycles. The largest absolute Gasteiger partial charge is 0.477 e. The van der Waals surface area contributed by atoms with Crippen LogP contribution in [0.5, 0.6) is 0 Å². The number of nitrogens with one attached hydrogen (secondary N) is 1. The number of hydrogen-bond donors (Lipinski definition) is 2. The van der Waals surface area contributed by atoms with E-state index in [0.717, 1.165) is 0 Å². The van der Waals surface area contributed by atoms with Gasteiger partial charge in [0.05, 0.1) is 12.8 Å². The average molecular weight is 284 g/mol. The molecule has 1 fully saturated rings. The monoisotopic (exact) mass is 284 g/mol. The van der Waals surface area contributed by atoms with E-state index in [9.17, 15) is 9.59 Å². The van der Waals surface area contributed by atoms with E-state index in [0.29, 0.717) is 44.7 Å². The van der Waals surface area contributed by atoms with Crippen molar-refractivity contribution in [1.82, 2.24) is 5.32 Å². The Morgan fingerprint density at radius 2 is 2.00 bits per heavy atom. The van der Waals surface area contributed by atoms with Crippen molar-refractivity contribution >= 4 is 11.8 Å². The van der Waals surface area contributed by atoms with Crippen LogP contribution in [0.25, 0.3) is 0 Å². The van der Waals surface area contributed by atoms with Crippen molar-refractivity contribution in [3.63, 3.8) is 0 Å². The summed E-state index contributed by atoms with van der Waals surface area (Å²) in [5.74, 6) is 0.333. The van der Waals surface area contributed by atoms with Gasteiger partial charge in [0.15, 0.2) is 0 Å². The Balaban J connectivity index is 2.73. The number of carbonyl (C=O) groups excluding carboxylic acids is 2. The third-order valence-corrected chi connectivity index (χ3v) is 3.48. The SMILES string of the molecule is CCN/C(=C\N)OCC1(C(=O)OCC)CCC(=O)CC1. The van der Waals surface area contributed by atoms with E-state index in [1.807, 2.05) is 6.92 Å². The molecule has 0 atom stereocenters. The van der Waals surface area contributed by atoms with Crippen LogP contribution in [0.2, 0.25) is 0 Å². The highest BCUT2D eigenvalue weighted by molar-refractivity contribution is 5.84. The van der Waals surface area contributed by atoms with Crippen LogP contribution in [0.15, 0.2) is 12.1 Å². The van der Waals surface area contributed by atoms with Crippen LogP contribution in [-0.4, -0.2) is 31.5 Å². The Bertz CT molecular complexity index is 369. The predicted octanol–water partition coefficient (Wildman–Crippen LogP) is 1.06. The van der Waals surface area contributed by atoms with Crippen LogP contribution >= 0.6 is 0 Å². The van der Waals surface area contributed by atoms with Crippen LogP contribution in [0.1, 0.15) is 39.5 Å². The lowest BCUT2D eigenvalue weighted by atomic mass is 9.74. The Morgan fingerprint density at radius 3 is 2.50 bits per heavy atom. The van der Waals surface area contributed by atoms with E-state index in [2.05, 4.69) is 5.32 Å². The van der Waals surface area contributed by atoms with Crippen molar-refractivity contribution in [3.05, 3.63) is 12.1 Å². The Morgan fingerprint density at radius 1 is 1.35 bits per heavy atom. The fourth-order valence-corrected chi connectivity index (χ4v) is 2.25. The molecule has 0 radical (unpaired) electrons. The smallest absolute Gasteiger partial charge is 0.315 e. The Hall–Kier alpha value is -1.72. The summed E-state index contributed by atoms with van der Waals surface area (Å²) in [4.78, 5) is 23.6. The molecule has 0 unspecified atom stereocenters. The third-order valence-electron chi connectivity index (χ3n) is 3.48. The quantitative estimate of drug-likeness (QED) is 0.536. The molecule has 0 amide bonds. The zero-order valence-corrected chi connectivity index (χ0v) is 12.2. The fraction of sp³-hybridized carbons (Fsp3) is 0.714. The molecule has 0 saturated heterocycles. The number of carbonyl (C=O) groups is 2. The maximum atomic E-state index is 12.2. The molecule has 0 spiro atoms. The van der Waals surface area contributed by atoms with Crippen LogP contribution in [0.4, 0.5) is 0 Å². The molecule has 0 aromatic rings. The van der Waals surface area contributed by atoms with Gasteiger partial charge in [-0.2, -0.15) is 0 Å². The fourth-order valence-electron chi connectivity index (χ4n) is 2.25. The van der Waals surface area contributed by atoms with Crippen molar-refractivity contribution in [2.24, 2.45) is 11.1 Å². The first-order valence-electron chi connectivity index (χ1n) is 7.05. The van der Waals surface area contributed by atoms with Crippen LogP contribution in [-0.2, 0) is 19.1 Å². The standard InChI is InChI=1S/C14H24N2O4/c1-3-16-12(9-15)20-10-14(13(18)19-4-2)7-5-11(17)6-8-14/h9,16H,3-8,10,15H2,1-2H3/b12-9+. The summed E-state index contributed by atoms with van der Waals surface area (Å²) in [6.45, 7) is 4.86. The molecule has 0 aromatic heterocycles. The summed E-state index contributed by atoms with van der Waals surface area (Å²) >= 11 is 0. The molecule has 1 saturated carbocycles. The van der Waals surface area contributed by atoms with E-state index in [1.54, 1.807) is 6.92 Å². The lowest BCUT2D eigenvalue weighted by Crippen LogP contribution is -2.41. The number of Topliss-reactive ketones (excluding diaryl/α,β-unsaturated/α-hetero) is 1. The van der Waals surface area contributed by atoms with Gasteiger partial charge in [-0.05, 0) is 26.7 Å². The van der Waals surface area contributed by atoms with Gasteiger partial charge in [-0.25, -0.2) is 0 Å². The van der Waals surface area contributed by atoms with E-state index in [1.165, 1.54) is 6.20 Å². The number of ketones is 1. The second kappa shape index (κ2) is 7.77. The molecule has 0 heterocycles. The number of esters is 1. The second-order valence-electron chi connectivity index (χ2n) is 4.89. The lowest BCUT2D eigenvalue weighted by molar-refractivity contribution is -0.161. The van der Waals surface area contributed by atoms with Crippen LogP contribution < -0.4 is 11.1 Å². The van der Waals surface area contributed by atoms with Crippen molar-refractivity contribution in [1.29, 1.82) is 0 Å². The van der Waals surface area contributed by atoms with Gasteiger partial charge in [0.1, 0.15) is 17.8 Å². The van der Waals surface area contributed by atoms with E-state index in [-0.39, 0.29) is 18.4 Å².